The van der Waals surface area contributed by atoms with Gasteiger partial charge in [-0.25, -0.2) is 9.78 Å². The van der Waals surface area contributed by atoms with Crippen LogP contribution in [-0.4, -0.2) is 52.6 Å². The molecule has 3 rings (SSSR count). The summed E-state index contributed by atoms with van der Waals surface area (Å²) < 4.78 is 5.09. The molecule has 2 aliphatic heterocycles. The van der Waals surface area contributed by atoms with Crippen LogP contribution in [0.2, 0.25) is 0 Å². The topological polar surface area (TPSA) is 75.6 Å². The number of carbonyl (C=O) groups is 2. The zero-order valence-corrected chi connectivity index (χ0v) is 12.9. The molecule has 0 aliphatic carbocycles. The van der Waals surface area contributed by atoms with E-state index < -0.39 is 0 Å². The molecule has 1 aromatic rings. The van der Waals surface area contributed by atoms with E-state index in [4.69, 9.17) is 4.74 Å². The molecule has 2 saturated heterocycles. The number of hydrogen-bond donors (Lipinski definition) is 0. The number of aromatic nitrogens is 2. The van der Waals surface area contributed by atoms with Gasteiger partial charge in [0.15, 0.2) is 5.82 Å². The van der Waals surface area contributed by atoms with Crippen molar-refractivity contribution in [2.24, 2.45) is 0 Å². The number of rotatable bonds is 2. The number of cyclic esters (lactones) is 1. The Bertz CT molecular complexity index is 567. The molecule has 0 spiro atoms. The van der Waals surface area contributed by atoms with Gasteiger partial charge in [0, 0.05) is 25.9 Å². The van der Waals surface area contributed by atoms with Crippen molar-refractivity contribution in [1.82, 2.24) is 14.9 Å². The first-order valence-corrected chi connectivity index (χ1v) is 7.60. The van der Waals surface area contributed by atoms with E-state index in [9.17, 15) is 9.59 Å². The quantitative estimate of drug-likeness (QED) is 0.828. The Morgan fingerprint density at radius 1 is 1.27 bits per heavy atom. The molecule has 0 aromatic carbocycles. The monoisotopic (exact) mass is 304 g/mol. The van der Waals surface area contributed by atoms with Crippen LogP contribution in [0.25, 0.3) is 0 Å². The lowest BCUT2D eigenvalue weighted by molar-refractivity contribution is -0.129. The van der Waals surface area contributed by atoms with E-state index in [2.05, 4.69) is 9.97 Å². The molecule has 3 heterocycles. The third kappa shape index (κ3) is 2.88. The number of carbonyl (C=O) groups excluding carboxylic acids is 2. The molecule has 7 heteroatoms. The normalized spacial score (nSPS) is 22.8. The van der Waals surface area contributed by atoms with Crippen molar-refractivity contribution in [3.05, 3.63) is 18.1 Å². The molecular formula is C15H20N4O3. The highest BCUT2D eigenvalue weighted by atomic mass is 16.6. The lowest BCUT2D eigenvalue weighted by Gasteiger charge is -2.30. The fourth-order valence-electron chi connectivity index (χ4n) is 2.96. The van der Waals surface area contributed by atoms with Crippen LogP contribution in [0.15, 0.2) is 12.4 Å². The van der Waals surface area contributed by atoms with E-state index >= 15 is 0 Å². The maximum Gasteiger partial charge on any atom is 0.415 e. The molecular weight excluding hydrogens is 284 g/mol. The number of nitrogens with zero attached hydrogens (tertiary/aromatic N) is 4. The Balaban J connectivity index is 1.65. The molecule has 1 aromatic heterocycles. The van der Waals surface area contributed by atoms with Crippen molar-refractivity contribution in [2.45, 2.75) is 38.7 Å². The Hall–Kier alpha value is -2.18. The Kier molecular flexibility index (Phi) is 3.96. The second-order valence-electron chi connectivity index (χ2n) is 5.88. The van der Waals surface area contributed by atoms with Gasteiger partial charge >= 0.3 is 6.09 Å². The summed E-state index contributed by atoms with van der Waals surface area (Å²) in [5, 5.41) is 0. The van der Waals surface area contributed by atoms with E-state index in [1.165, 1.54) is 4.90 Å². The summed E-state index contributed by atoms with van der Waals surface area (Å²) in [7, 11) is 0. The van der Waals surface area contributed by atoms with Gasteiger partial charge in [-0.2, -0.15) is 0 Å². The van der Waals surface area contributed by atoms with Crippen molar-refractivity contribution in [2.75, 3.05) is 24.5 Å². The van der Waals surface area contributed by atoms with Crippen molar-refractivity contribution >= 4 is 17.8 Å². The third-order valence-corrected chi connectivity index (χ3v) is 4.26. The van der Waals surface area contributed by atoms with Crippen molar-refractivity contribution < 1.29 is 14.3 Å². The Morgan fingerprint density at radius 2 is 2.00 bits per heavy atom. The number of piperidine rings is 1. The highest BCUT2D eigenvalue weighted by Crippen LogP contribution is 2.27. The Morgan fingerprint density at radius 3 is 2.50 bits per heavy atom. The molecule has 1 atom stereocenters. The summed E-state index contributed by atoms with van der Waals surface area (Å²) in [6.07, 6.45) is 4.67. The molecule has 2 amide bonds. The van der Waals surface area contributed by atoms with Crippen LogP contribution in [0.1, 0.15) is 38.3 Å². The van der Waals surface area contributed by atoms with Crippen LogP contribution in [0.4, 0.5) is 10.6 Å². The van der Waals surface area contributed by atoms with Gasteiger partial charge in [0.2, 0.25) is 5.91 Å². The van der Waals surface area contributed by atoms with Gasteiger partial charge in [-0.3, -0.25) is 14.7 Å². The highest BCUT2D eigenvalue weighted by molar-refractivity contribution is 5.88. The maximum absolute atomic E-state index is 11.7. The molecule has 2 fully saturated rings. The molecule has 0 radical (unpaired) electrons. The fourth-order valence-corrected chi connectivity index (χ4v) is 2.96. The standard InChI is InChI=1S/C15H20N4O3/c1-10-9-19(15(21)22-10)14-8-16-13(7-17-14)12-3-5-18(6-4-12)11(2)20/h7-8,10,12H,3-6,9H2,1-2H3/t10-/m1/s1. The van der Waals surface area contributed by atoms with Crippen LogP contribution in [0, 0.1) is 0 Å². The van der Waals surface area contributed by atoms with Crippen molar-refractivity contribution in [3.63, 3.8) is 0 Å². The summed E-state index contributed by atoms with van der Waals surface area (Å²) in [6.45, 7) is 5.48. The minimum Gasteiger partial charge on any atom is -0.444 e. The van der Waals surface area contributed by atoms with Crippen LogP contribution in [-0.2, 0) is 9.53 Å². The Labute approximate surface area is 129 Å². The van der Waals surface area contributed by atoms with Gasteiger partial charge < -0.3 is 9.64 Å². The van der Waals surface area contributed by atoms with Crippen LogP contribution >= 0.6 is 0 Å². The summed E-state index contributed by atoms with van der Waals surface area (Å²) >= 11 is 0. The van der Waals surface area contributed by atoms with Crippen LogP contribution < -0.4 is 4.90 Å². The first-order chi connectivity index (χ1) is 10.5. The highest BCUT2D eigenvalue weighted by Gasteiger charge is 2.31. The largest absolute Gasteiger partial charge is 0.444 e. The first kappa shape index (κ1) is 14.7. The summed E-state index contributed by atoms with van der Waals surface area (Å²) in [5.41, 5.74) is 0.924. The molecule has 0 saturated carbocycles. The van der Waals surface area contributed by atoms with Gasteiger partial charge in [0.25, 0.3) is 0 Å². The van der Waals surface area contributed by atoms with E-state index in [0.717, 1.165) is 31.6 Å². The number of anilines is 1. The minimum absolute atomic E-state index is 0.120. The summed E-state index contributed by atoms with van der Waals surface area (Å²) in [4.78, 5) is 35.2. The summed E-state index contributed by atoms with van der Waals surface area (Å²) in [5.74, 6) is 0.974. The molecule has 22 heavy (non-hydrogen) atoms. The van der Waals surface area contributed by atoms with Crippen molar-refractivity contribution in [3.8, 4) is 0 Å². The predicted octanol–water partition coefficient (Wildman–Crippen LogP) is 1.55. The zero-order chi connectivity index (χ0) is 15.7. The zero-order valence-electron chi connectivity index (χ0n) is 12.9. The number of amides is 2. The maximum atomic E-state index is 11.7. The van der Waals surface area contributed by atoms with Crippen molar-refractivity contribution in [1.29, 1.82) is 0 Å². The minimum atomic E-state index is -0.371. The van der Waals surface area contributed by atoms with E-state index in [-0.39, 0.29) is 18.1 Å². The van der Waals surface area contributed by atoms with E-state index in [1.54, 1.807) is 19.3 Å². The molecule has 118 valence electrons. The van der Waals surface area contributed by atoms with Gasteiger partial charge in [0.1, 0.15) is 6.10 Å². The number of likely N-dealkylation sites (tertiary alicyclic amines) is 1. The van der Waals surface area contributed by atoms with Gasteiger partial charge in [-0.05, 0) is 19.8 Å². The van der Waals surface area contributed by atoms with Gasteiger partial charge in [-0.15, -0.1) is 0 Å². The van der Waals surface area contributed by atoms with E-state index in [1.807, 2.05) is 11.8 Å². The SMILES string of the molecule is CC(=O)N1CCC(c2cnc(N3C[C@@H](C)OC3=O)cn2)CC1. The smallest absolute Gasteiger partial charge is 0.415 e. The molecule has 0 bridgehead atoms. The summed E-state index contributed by atoms with van der Waals surface area (Å²) in [6, 6.07) is 0. The lowest BCUT2D eigenvalue weighted by Crippen LogP contribution is -2.36. The van der Waals surface area contributed by atoms with Crippen LogP contribution in [0.5, 0.6) is 0 Å². The average Bonchev–Trinajstić information content (AvgIpc) is 2.86. The molecule has 0 N–H and O–H groups in total. The van der Waals surface area contributed by atoms with Crippen LogP contribution in [0.3, 0.4) is 0 Å². The fraction of sp³-hybridized carbons (Fsp3) is 0.600. The first-order valence-electron chi connectivity index (χ1n) is 7.60. The lowest BCUT2D eigenvalue weighted by atomic mass is 9.94. The van der Waals surface area contributed by atoms with E-state index in [0.29, 0.717) is 18.3 Å². The number of hydrogen-bond acceptors (Lipinski definition) is 5. The molecule has 7 nitrogen and oxygen atoms in total. The average molecular weight is 304 g/mol. The second-order valence-corrected chi connectivity index (χ2v) is 5.88. The second kappa shape index (κ2) is 5.90. The number of ether oxygens (including phenoxy) is 1. The predicted molar refractivity (Wildman–Crippen MR) is 79.6 cm³/mol. The van der Waals surface area contributed by atoms with Gasteiger partial charge in [0.05, 0.1) is 24.6 Å². The molecule has 2 aliphatic rings. The third-order valence-electron chi connectivity index (χ3n) is 4.26. The molecule has 0 unspecified atom stereocenters. The van der Waals surface area contributed by atoms with Gasteiger partial charge in [-0.1, -0.05) is 0 Å².